The minimum atomic E-state index is -1.02. The van der Waals surface area contributed by atoms with Gasteiger partial charge in [0, 0.05) is 6.42 Å². The van der Waals surface area contributed by atoms with E-state index < -0.39 is 17.9 Å². The molecule has 0 radical (unpaired) electrons. The van der Waals surface area contributed by atoms with E-state index in [9.17, 15) is 9.59 Å². The summed E-state index contributed by atoms with van der Waals surface area (Å²) in [7, 11) is 4.04. The number of hydrogen-bond donors (Lipinski definition) is 0. The van der Waals surface area contributed by atoms with Crippen LogP contribution in [0, 0.1) is 5.92 Å². The first-order valence-electron chi connectivity index (χ1n) is 8.58. The normalized spacial score (nSPS) is 10.4. The van der Waals surface area contributed by atoms with Gasteiger partial charge in [0.25, 0.3) is 0 Å². The third kappa shape index (κ3) is 5.74. The minimum Gasteiger partial charge on any atom is -0.493 e. The summed E-state index contributed by atoms with van der Waals surface area (Å²) in [5, 5.41) is 0. The molecule has 0 aliphatic carbocycles. The number of methoxy groups -OCH3 is 3. The molecule has 144 valence electrons. The Balaban J connectivity index is 2.10. The van der Waals surface area contributed by atoms with E-state index in [0.717, 1.165) is 12.0 Å². The van der Waals surface area contributed by atoms with Gasteiger partial charge in [-0.05, 0) is 29.7 Å². The summed E-state index contributed by atoms with van der Waals surface area (Å²) in [5.74, 6) is -1.15. The monoisotopic (exact) mass is 372 g/mol. The maximum atomic E-state index is 11.9. The van der Waals surface area contributed by atoms with Gasteiger partial charge < -0.3 is 18.9 Å². The minimum absolute atomic E-state index is 0.151. The fourth-order valence-corrected chi connectivity index (χ4v) is 2.67. The van der Waals surface area contributed by atoms with E-state index >= 15 is 0 Å². The van der Waals surface area contributed by atoms with Crippen molar-refractivity contribution in [1.82, 2.24) is 0 Å². The van der Waals surface area contributed by atoms with Gasteiger partial charge in [-0.15, -0.1) is 0 Å². The second-order valence-electron chi connectivity index (χ2n) is 5.87. The maximum Gasteiger partial charge on any atom is 0.320 e. The molecule has 0 saturated carbocycles. The van der Waals surface area contributed by atoms with Gasteiger partial charge in [-0.25, -0.2) is 0 Å². The van der Waals surface area contributed by atoms with E-state index in [1.54, 1.807) is 25.3 Å². The predicted octanol–water partition coefficient (Wildman–Crippen LogP) is 2.82. The molecule has 0 bridgehead atoms. The van der Waals surface area contributed by atoms with Crippen LogP contribution in [0.2, 0.25) is 0 Å². The molecule has 0 N–H and O–H groups in total. The smallest absolute Gasteiger partial charge is 0.320 e. The van der Waals surface area contributed by atoms with Crippen LogP contribution in [-0.4, -0.2) is 39.9 Å². The molecule has 6 nitrogen and oxygen atoms in total. The third-order valence-corrected chi connectivity index (χ3v) is 4.13. The van der Waals surface area contributed by atoms with Crippen LogP contribution in [0.15, 0.2) is 48.5 Å². The number of ether oxygens (including phenoxy) is 4. The topological polar surface area (TPSA) is 71.1 Å². The van der Waals surface area contributed by atoms with Crippen molar-refractivity contribution < 1.29 is 28.5 Å². The number of esters is 2. The van der Waals surface area contributed by atoms with Crippen molar-refractivity contribution in [1.29, 1.82) is 0 Å². The quantitative estimate of drug-likeness (QED) is 0.498. The van der Waals surface area contributed by atoms with Crippen molar-refractivity contribution in [2.75, 3.05) is 27.9 Å². The molecule has 2 aromatic carbocycles. The summed E-state index contributed by atoms with van der Waals surface area (Å²) in [4.78, 5) is 23.7. The number of benzene rings is 2. The molecule has 2 aromatic rings. The molecule has 0 atom stereocenters. The van der Waals surface area contributed by atoms with E-state index in [1.165, 1.54) is 19.8 Å². The predicted molar refractivity (Wildman–Crippen MR) is 99.9 cm³/mol. The summed E-state index contributed by atoms with van der Waals surface area (Å²) in [6.45, 7) is 0.473. The van der Waals surface area contributed by atoms with Gasteiger partial charge in [0.05, 0.1) is 27.9 Å². The highest BCUT2D eigenvalue weighted by atomic mass is 16.5. The molecule has 0 heterocycles. The van der Waals surface area contributed by atoms with Crippen molar-refractivity contribution in [3.05, 3.63) is 59.7 Å². The Morgan fingerprint density at radius 3 is 2.11 bits per heavy atom. The Hall–Kier alpha value is -3.02. The lowest BCUT2D eigenvalue weighted by Gasteiger charge is -2.15. The van der Waals surface area contributed by atoms with Crippen LogP contribution in [0.25, 0.3) is 0 Å². The summed E-state index contributed by atoms with van der Waals surface area (Å²) in [6.07, 6.45) is 0.902. The van der Waals surface area contributed by atoms with Crippen LogP contribution in [0.4, 0.5) is 0 Å². The Labute approximate surface area is 159 Å². The molecule has 6 heteroatoms. The standard InChI is InChI=1S/C21H24O6/c1-24-18-10-9-16(13-17(20(22)25-2)21(23)26-3)14-19(18)27-12-11-15-7-5-4-6-8-15/h4-10,14,17H,11-13H2,1-3H3. The van der Waals surface area contributed by atoms with Crippen molar-refractivity contribution in [3.63, 3.8) is 0 Å². The van der Waals surface area contributed by atoms with Gasteiger partial charge in [-0.2, -0.15) is 0 Å². The van der Waals surface area contributed by atoms with Gasteiger partial charge in [-0.1, -0.05) is 36.4 Å². The highest BCUT2D eigenvalue weighted by molar-refractivity contribution is 5.95. The average molecular weight is 372 g/mol. The Morgan fingerprint density at radius 2 is 1.52 bits per heavy atom. The summed E-state index contributed by atoms with van der Waals surface area (Å²) < 4.78 is 20.6. The molecule has 0 aromatic heterocycles. The first kappa shape index (κ1) is 20.3. The zero-order chi connectivity index (χ0) is 19.6. The fraction of sp³-hybridized carbons (Fsp3) is 0.333. The number of rotatable bonds is 9. The maximum absolute atomic E-state index is 11.9. The summed E-state index contributed by atoms with van der Waals surface area (Å²) in [5.41, 5.74) is 1.91. The van der Waals surface area contributed by atoms with Gasteiger partial charge in [0.1, 0.15) is 0 Å². The van der Waals surface area contributed by atoms with E-state index in [0.29, 0.717) is 18.1 Å². The summed E-state index contributed by atoms with van der Waals surface area (Å²) >= 11 is 0. The van der Waals surface area contributed by atoms with Crippen LogP contribution in [0.1, 0.15) is 11.1 Å². The Morgan fingerprint density at radius 1 is 0.852 bits per heavy atom. The highest BCUT2D eigenvalue weighted by Gasteiger charge is 2.29. The molecule has 0 aliphatic rings. The first-order chi connectivity index (χ1) is 13.1. The molecular formula is C21H24O6. The van der Waals surface area contributed by atoms with Crippen LogP contribution in [0.5, 0.6) is 11.5 Å². The fourth-order valence-electron chi connectivity index (χ4n) is 2.67. The Bertz CT molecular complexity index is 741. The molecule has 0 spiro atoms. The van der Waals surface area contributed by atoms with Crippen LogP contribution in [0.3, 0.4) is 0 Å². The van der Waals surface area contributed by atoms with Gasteiger partial charge in [0.2, 0.25) is 0 Å². The molecular weight excluding hydrogens is 348 g/mol. The van der Waals surface area contributed by atoms with E-state index in [-0.39, 0.29) is 6.42 Å². The molecule has 27 heavy (non-hydrogen) atoms. The van der Waals surface area contributed by atoms with E-state index in [4.69, 9.17) is 18.9 Å². The number of carbonyl (C=O) groups excluding carboxylic acids is 2. The van der Waals surface area contributed by atoms with Crippen LogP contribution < -0.4 is 9.47 Å². The van der Waals surface area contributed by atoms with Crippen molar-refractivity contribution >= 4 is 11.9 Å². The van der Waals surface area contributed by atoms with Crippen molar-refractivity contribution in [3.8, 4) is 11.5 Å². The lowest BCUT2D eigenvalue weighted by molar-refractivity contribution is -0.158. The van der Waals surface area contributed by atoms with Crippen molar-refractivity contribution in [2.45, 2.75) is 12.8 Å². The van der Waals surface area contributed by atoms with Crippen molar-refractivity contribution in [2.24, 2.45) is 5.92 Å². The molecule has 0 amide bonds. The second-order valence-corrected chi connectivity index (χ2v) is 5.87. The number of hydrogen-bond acceptors (Lipinski definition) is 6. The van der Waals surface area contributed by atoms with E-state index in [2.05, 4.69) is 0 Å². The summed E-state index contributed by atoms with van der Waals surface area (Å²) in [6, 6.07) is 15.3. The largest absolute Gasteiger partial charge is 0.493 e. The van der Waals surface area contributed by atoms with E-state index in [1.807, 2.05) is 30.3 Å². The molecule has 0 fully saturated rings. The molecule has 0 aliphatic heterocycles. The van der Waals surface area contributed by atoms with Crippen LogP contribution in [-0.2, 0) is 31.9 Å². The first-order valence-corrected chi connectivity index (χ1v) is 8.58. The second kappa shape index (κ2) is 10.2. The number of carbonyl (C=O) groups is 2. The third-order valence-electron chi connectivity index (χ3n) is 4.13. The lowest BCUT2D eigenvalue weighted by Crippen LogP contribution is -2.28. The van der Waals surface area contributed by atoms with Crippen LogP contribution >= 0.6 is 0 Å². The Kier molecular flexibility index (Phi) is 7.67. The lowest BCUT2D eigenvalue weighted by atomic mass is 9.99. The van der Waals surface area contributed by atoms with Gasteiger partial charge >= 0.3 is 11.9 Å². The zero-order valence-corrected chi connectivity index (χ0v) is 15.8. The zero-order valence-electron chi connectivity index (χ0n) is 15.8. The molecule has 2 rings (SSSR count). The molecule has 0 unspecified atom stereocenters. The van der Waals surface area contributed by atoms with Gasteiger partial charge in [0.15, 0.2) is 17.4 Å². The molecule has 0 saturated heterocycles. The highest BCUT2D eigenvalue weighted by Crippen LogP contribution is 2.29. The SMILES string of the molecule is COC(=O)C(Cc1ccc(OC)c(OCCc2ccccc2)c1)C(=O)OC. The van der Waals surface area contributed by atoms with Gasteiger partial charge in [-0.3, -0.25) is 9.59 Å². The average Bonchev–Trinajstić information content (AvgIpc) is 2.71.